The third-order valence-electron chi connectivity index (χ3n) is 3.38. The van der Waals surface area contributed by atoms with Crippen LogP contribution in [0.2, 0.25) is 0 Å². The fourth-order valence-corrected chi connectivity index (χ4v) is 2.62. The van der Waals surface area contributed by atoms with Crippen LogP contribution in [0.1, 0.15) is 37.0 Å². The SMILES string of the molecule is CCC(CC)(NC(=O)c1ccc(SC)cc1)C(N)=S. The Bertz CT molecular complexity index is 453. The van der Waals surface area contributed by atoms with Crippen LogP contribution in [0.4, 0.5) is 0 Å². The van der Waals surface area contributed by atoms with Crippen molar-refractivity contribution in [3.8, 4) is 0 Å². The summed E-state index contributed by atoms with van der Waals surface area (Å²) in [5.41, 5.74) is 5.81. The van der Waals surface area contributed by atoms with Crippen LogP contribution >= 0.6 is 24.0 Å². The molecule has 0 heterocycles. The number of thioether (sulfide) groups is 1. The molecule has 1 rings (SSSR count). The molecule has 1 aromatic rings. The highest BCUT2D eigenvalue weighted by atomic mass is 32.2. The van der Waals surface area contributed by atoms with Gasteiger partial charge in [0.1, 0.15) is 0 Å². The van der Waals surface area contributed by atoms with Crippen molar-refractivity contribution in [2.75, 3.05) is 6.26 Å². The van der Waals surface area contributed by atoms with Crippen LogP contribution < -0.4 is 11.1 Å². The molecule has 0 aliphatic heterocycles. The first-order chi connectivity index (χ1) is 8.99. The average molecular weight is 296 g/mol. The number of nitrogens with two attached hydrogens (primary N) is 1. The lowest BCUT2D eigenvalue weighted by Gasteiger charge is -2.31. The van der Waals surface area contributed by atoms with E-state index in [0.717, 1.165) is 4.90 Å². The summed E-state index contributed by atoms with van der Waals surface area (Å²) in [5.74, 6) is -0.135. The van der Waals surface area contributed by atoms with E-state index in [1.54, 1.807) is 11.8 Å². The zero-order valence-electron chi connectivity index (χ0n) is 11.5. The minimum Gasteiger partial charge on any atom is -0.391 e. The predicted molar refractivity (Wildman–Crippen MR) is 85.8 cm³/mol. The smallest absolute Gasteiger partial charge is 0.252 e. The van der Waals surface area contributed by atoms with Crippen LogP contribution in [-0.2, 0) is 0 Å². The van der Waals surface area contributed by atoms with Crippen LogP contribution in [0, 0.1) is 0 Å². The number of benzene rings is 1. The Morgan fingerprint density at radius 2 is 1.84 bits per heavy atom. The Hall–Kier alpha value is -1.07. The number of hydrogen-bond donors (Lipinski definition) is 2. The van der Waals surface area contributed by atoms with E-state index < -0.39 is 5.54 Å². The maximum absolute atomic E-state index is 12.2. The highest BCUT2D eigenvalue weighted by molar-refractivity contribution is 7.98. The Kier molecular flexibility index (Phi) is 5.82. The molecule has 0 spiro atoms. The van der Waals surface area contributed by atoms with Gasteiger partial charge in [-0.15, -0.1) is 11.8 Å². The summed E-state index contributed by atoms with van der Waals surface area (Å²) in [6.07, 6.45) is 3.38. The quantitative estimate of drug-likeness (QED) is 0.626. The molecule has 0 radical (unpaired) electrons. The Morgan fingerprint density at radius 3 is 2.21 bits per heavy atom. The molecule has 104 valence electrons. The Balaban J connectivity index is 2.90. The first-order valence-corrected chi connectivity index (χ1v) is 7.88. The summed E-state index contributed by atoms with van der Waals surface area (Å²) < 4.78 is 0. The molecular formula is C14H20N2OS2. The van der Waals surface area contributed by atoms with Gasteiger partial charge in [-0.25, -0.2) is 0 Å². The van der Waals surface area contributed by atoms with Gasteiger partial charge in [-0.1, -0.05) is 26.1 Å². The van der Waals surface area contributed by atoms with Crippen LogP contribution in [0.25, 0.3) is 0 Å². The molecule has 0 bridgehead atoms. The van der Waals surface area contributed by atoms with Crippen molar-refractivity contribution >= 4 is 34.9 Å². The summed E-state index contributed by atoms with van der Waals surface area (Å²) in [4.78, 5) is 13.7. The van der Waals surface area contributed by atoms with Crippen molar-refractivity contribution in [3.05, 3.63) is 29.8 Å². The second kappa shape index (κ2) is 6.91. The van der Waals surface area contributed by atoms with Crippen molar-refractivity contribution in [1.82, 2.24) is 5.32 Å². The molecule has 19 heavy (non-hydrogen) atoms. The van der Waals surface area contributed by atoms with E-state index in [4.69, 9.17) is 18.0 Å². The van der Waals surface area contributed by atoms with Gasteiger partial charge < -0.3 is 11.1 Å². The molecule has 3 nitrogen and oxygen atoms in total. The molecule has 0 unspecified atom stereocenters. The minimum absolute atomic E-state index is 0.135. The standard InChI is InChI=1S/C14H20N2OS2/c1-4-14(5-2,13(15)18)16-12(17)10-6-8-11(19-3)9-7-10/h6-9H,4-5H2,1-3H3,(H2,15,18)(H,16,17). The molecule has 3 N–H and O–H groups in total. The molecule has 0 saturated carbocycles. The zero-order valence-corrected chi connectivity index (χ0v) is 13.2. The largest absolute Gasteiger partial charge is 0.391 e. The number of carbonyl (C=O) groups is 1. The van der Waals surface area contributed by atoms with E-state index in [0.29, 0.717) is 23.4 Å². The van der Waals surface area contributed by atoms with Crippen molar-refractivity contribution in [3.63, 3.8) is 0 Å². The number of nitrogens with one attached hydrogen (secondary N) is 1. The molecule has 0 saturated heterocycles. The highest BCUT2D eigenvalue weighted by Gasteiger charge is 2.31. The fourth-order valence-electron chi connectivity index (χ4n) is 1.87. The Morgan fingerprint density at radius 1 is 1.32 bits per heavy atom. The first kappa shape index (κ1) is 16.0. The Labute approximate surface area is 124 Å². The molecule has 1 aromatic carbocycles. The number of amides is 1. The maximum Gasteiger partial charge on any atom is 0.252 e. The lowest BCUT2D eigenvalue weighted by molar-refractivity contribution is 0.0920. The zero-order chi connectivity index (χ0) is 14.5. The van der Waals surface area contributed by atoms with Gasteiger partial charge in [0.25, 0.3) is 5.91 Å². The number of thiocarbonyl (C=S) groups is 1. The monoisotopic (exact) mass is 296 g/mol. The first-order valence-electron chi connectivity index (χ1n) is 6.25. The van der Waals surface area contributed by atoms with Gasteiger partial charge in [-0.2, -0.15) is 0 Å². The van der Waals surface area contributed by atoms with Gasteiger partial charge in [-0.05, 0) is 43.4 Å². The number of hydrogen-bond acceptors (Lipinski definition) is 3. The fraction of sp³-hybridized carbons (Fsp3) is 0.429. The van der Waals surface area contributed by atoms with E-state index in [1.165, 1.54) is 0 Å². The molecule has 0 atom stereocenters. The van der Waals surface area contributed by atoms with Gasteiger partial charge in [0.05, 0.1) is 10.5 Å². The van der Waals surface area contributed by atoms with Crippen molar-refractivity contribution < 1.29 is 4.79 Å². The summed E-state index contributed by atoms with van der Waals surface area (Å²) in [6.45, 7) is 3.94. The van der Waals surface area contributed by atoms with E-state index in [9.17, 15) is 4.79 Å². The summed E-state index contributed by atoms with van der Waals surface area (Å²) in [7, 11) is 0. The summed E-state index contributed by atoms with van der Waals surface area (Å²) in [6, 6.07) is 7.49. The van der Waals surface area contributed by atoms with E-state index in [-0.39, 0.29) is 5.91 Å². The second-order valence-corrected chi connectivity index (χ2v) is 5.66. The highest BCUT2D eigenvalue weighted by Crippen LogP contribution is 2.18. The third-order valence-corrected chi connectivity index (χ3v) is 4.52. The lowest BCUT2D eigenvalue weighted by Crippen LogP contribution is -2.55. The van der Waals surface area contributed by atoms with Crippen molar-refractivity contribution in [2.24, 2.45) is 5.73 Å². The van der Waals surface area contributed by atoms with E-state index >= 15 is 0 Å². The molecule has 0 aliphatic rings. The van der Waals surface area contributed by atoms with Crippen LogP contribution in [0.15, 0.2) is 29.2 Å². The van der Waals surface area contributed by atoms with Crippen LogP contribution in [0.5, 0.6) is 0 Å². The van der Waals surface area contributed by atoms with Crippen LogP contribution in [0.3, 0.4) is 0 Å². The molecule has 1 amide bonds. The normalized spacial score (nSPS) is 11.1. The van der Waals surface area contributed by atoms with Crippen molar-refractivity contribution in [1.29, 1.82) is 0 Å². The average Bonchev–Trinajstić information content (AvgIpc) is 2.44. The topological polar surface area (TPSA) is 55.1 Å². The van der Waals surface area contributed by atoms with Gasteiger partial charge in [0.2, 0.25) is 0 Å². The van der Waals surface area contributed by atoms with Gasteiger partial charge in [-0.3, -0.25) is 4.79 Å². The minimum atomic E-state index is -0.593. The van der Waals surface area contributed by atoms with E-state index in [2.05, 4.69) is 5.32 Å². The summed E-state index contributed by atoms with van der Waals surface area (Å²) in [5, 5.41) is 2.97. The number of rotatable bonds is 6. The summed E-state index contributed by atoms with van der Waals surface area (Å²) >= 11 is 6.74. The predicted octanol–water partition coefficient (Wildman–Crippen LogP) is 2.98. The molecule has 0 aromatic heterocycles. The molecule has 0 aliphatic carbocycles. The van der Waals surface area contributed by atoms with Crippen molar-refractivity contribution in [2.45, 2.75) is 37.1 Å². The van der Waals surface area contributed by atoms with Gasteiger partial charge in [0, 0.05) is 10.5 Å². The van der Waals surface area contributed by atoms with Gasteiger partial charge >= 0.3 is 0 Å². The molecular weight excluding hydrogens is 276 g/mol. The maximum atomic E-state index is 12.2. The third kappa shape index (κ3) is 3.70. The second-order valence-electron chi connectivity index (χ2n) is 4.34. The van der Waals surface area contributed by atoms with E-state index in [1.807, 2.05) is 44.4 Å². The van der Waals surface area contributed by atoms with Gasteiger partial charge in [0.15, 0.2) is 0 Å². The van der Waals surface area contributed by atoms with Crippen LogP contribution in [-0.4, -0.2) is 22.7 Å². The molecule has 5 heteroatoms. The molecule has 0 fully saturated rings. The lowest BCUT2D eigenvalue weighted by atomic mass is 9.92. The number of carbonyl (C=O) groups excluding carboxylic acids is 1.